The van der Waals surface area contributed by atoms with Crippen LogP contribution in [0.15, 0.2) is 48.7 Å². The van der Waals surface area contributed by atoms with E-state index < -0.39 is 0 Å². The van der Waals surface area contributed by atoms with E-state index in [9.17, 15) is 4.79 Å². The van der Waals surface area contributed by atoms with Crippen molar-refractivity contribution in [1.82, 2.24) is 15.2 Å². The van der Waals surface area contributed by atoms with Crippen molar-refractivity contribution in [3.63, 3.8) is 0 Å². The monoisotopic (exact) mass is 394 g/mol. The third-order valence-corrected chi connectivity index (χ3v) is 5.86. The number of amides is 2. The Morgan fingerprint density at radius 3 is 2.55 bits per heavy atom. The molecule has 3 heterocycles. The van der Waals surface area contributed by atoms with Crippen molar-refractivity contribution in [2.24, 2.45) is 5.92 Å². The number of pyridine rings is 1. The molecule has 1 N–H and O–H groups in total. The van der Waals surface area contributed by atoms with Crippen LogP contribution in [0.25, 0.3) is 0 Å². The molecule has 0 aliphatic carbocycles. The number of ether oxygens (including phenoxy) is 1. The zero-order valence-electron chi connectivity index (χ0n) is 16.9. The highest BCUT2D eigenvalue weighted by Gasteiger charge is 2.23. The summed E-state index contributed by atoms with van der Waals surface area (Å²) in [7, 11) is 0. The van der Waals surface area contributed by atoms with Crippen LogP contribution in [0.3, 0.4) is 0 Å². The van der Waals surface area contributed by atoms with Crippen LogP contribution in [0, 0.1) is 5.92 Å². The molecular formula is C23H30N4O2. The number of benzene rings is 1. The number of likely N-dealkylation sites (tertiary alicyclic amines) is 1. The summed E-state index contributed by atoms with van der Waals surface area (Å²) in [6.45, 7) is 5.40. The van der Waals surface area contributed by atoms with Crippen molar-refractivity contribution in [3.05, 3.63) is 59.8 Å². The van der Waals surface area contributed by atoms with Crippen molar-refractivity contribution in [2.45, 2.75) is 25.8 Å². The van der Waals surface area contributed by atoms with Gasteiger partial charge in [-0.3, -0.25) is 0 Å². The lowest BCUT2D eigenvalue weighted by Gasteiger charge is -2.32. The average molecular weight is 395 g/mol. The Bertz CT molecular complexity index is 784. The van der Waals surface area contributed by atoms with Gasteiger partial charge in [0.05, 0.1) is 13.2 Å². The molecule has 2 fully saturated rings. The van der Waals surface area contributed by atoms with E-state index in [0.29, 0.717) is 12.5 Å². The highest BCUT2D eigenvalue weighted by atomic mass is 16.5. The second kappa shape index (κ2) is 9.74. The fourth-order valence-electron chi connectivity index (χ4n) is 4.11. The lowest BCUT2D eigenvalue weighted by molar-refractivity contribution is 0.122. The number of rotatable bonds is 5. The molecule has 0 saturated carbocycles. The van der Waals surface area contributed by atoms with Crippen molar-refractivity contribution < 1.29 is 9.53 Å². The smallest absolute Gasteiger partial charge is 0.317 e. The average Bonchev–Trinajstić information content (AvgIpc) is 2.79. The number of carbonyl (C=O) groups is 1. The molecule has 1 aromatic heterocycles. The highest BCUT2D eigenvalue weighted by Crippen LogP contribution is 2.22. The topological polar surface area (TPSA) is 57.7 Å². The molecule has 2 aliphatic heterocycles. The summed E-state index contributed by atoms with van der Waals surface area (Å²) in [5.74, 6) is 1.62. The zero-order valence-corrected chi connectivity index (χ0v) is 16.9. The van der Waals surface area contributed by atoms with Crippen LogP contribution in [-0.2, 0) is 17.7 Å². The van der Waals surface area contributed by atoms with Gasteiger partial charge in [0.15, 0.2) is 0 Å². The van der Waals surface area contributed by atoms with E-state index in [1.807, 2.05) is 17.2 Å². The Balaban J connectivity index is 1.23. The Morgan fingerprint density at radius 1 is 1.03 bits per heavy atom. The van der Waals surface area contributed by atoms with E-state index in [-0.39, 0.29) is 6.03 Å². The van der Waals surface area contributed by atoms with Crippen molar-refractivity contribution in [2.75, 3.05) is 44.3 Å². The number of nitrogens with one attached hydrogen (secondary N) is 1. The normalized spacial score (nSPS) is 17.9. The minimum Gasteiger partial charge on any atom is -0.378 e. The maximum absolute atomic E-state index is 12.6. The van der Waals surface area contributed by atoms with Crippen molar-refractivity contribution in [3.8, 4) is 0 Å². The Morgan fingerprint density at radius 2 is 1.79 bits per heavy atom. The summed E-state index contributed by atoms with van der Waals surface area (Å²) < 4.78 is 5.41. The molecule has 2 aromatic rings. The molecular weight excluding hydrogens is 364 g/mol. The van der Waals surface area contributed by atoms with Gasteiger partial charge in [-0.25, -0.2) is 9.78 Å². The predicted molar refractivity (Wildman–Crippen MR) is 114 cm³/mol. The Kier molecular flexibility index (Phi) is 6.62. The summed E-state index contributed by atoms with van der Waals surface area (Å²) in [6.07, 6.45) is 5.07. The van der Waals surface area contributed by atoms with E-state index in [1.165, 1.54) is 5.56 Å². The van der Waals surface area contributed by atoms with Crippen LogP contribution in [0.1, 0.15) is 24.0 Å². The summed E-state index contributed by atoms with van der Waals surface area (Å²) in [4.78, 5) is 21.2. The molecule has 4 rings (SSSR count). The molecule has 6 heteroatoms. The molecule has 6 nitrogen and oxygen atoms in total. The van der Waals surface area contributed by atoms with Gasteiger partial charge in [-0.2, -0.15) is 0 Å². The molecule has 1 aromatic carbocycles. The zero-order chi connectivity index (χ0) is 19.9. The first-order valence-electron chi connectivity index (χ1n) is 10.6. The molecule has 2 amide bonds. The van der Waals surface area contributed by atoms with Crippen LogP contribution in [0.2, 0.25) is 0 Å². The van der Waals surface area contributed by atoms with Gasteiger partial charge in [0.25, 0.3) is 0 Å². The van der Waals surface area contributed by atoms with Gasteiger partial charge in [0, 0.05) is 38.9 Å². The van der Waals surface area contributed by atoms with Gasteiger partial charge in [0.2, 0.25) is 0 Å². The minimum atomic E-state index is 0.0351. The lowest BCUT2D eigenvalue weighted by Crippen LogP contribution is -2.44. The van der Waals surface area contributed by atoms with E-state index in [1.54, 1.807) is 0 Å². The van der Waals surface area contributed by atoms with E-state index >= 15 is 0 Å². The van der Waals surface area contributed by atoms with Crippen LogP contribution >= 0.6 is 0 Å². The van der Waals surface area contributed by atoms with Gasteiger partial charge >= 0.3 is 6.03 Å². The second-order valence-electron chi connectivity index (χ2n) is 7.90. The van der Waals surface area contributed by atoms with Crippen molar-refractivity contribution >= 4 is 11.8 Å². The van der Waals surface area contributed by atoms with Crippen molar-refractivity contribution in [1.29, 1.82) is 0 Å². The molecule has 0 spiro atoms. The van der Waals surface area contributed by atoms with Crippen LogP contribution in [0.5, 0.6) is 0 Å². The summed E-state index contributed by atoms with van der Waals surface area (Å²) in [5, 5.41) is 3.08. The molecule has 2 aliphatic rings. The van der Waals surface area contributed by atoms with Crippen LogP contribution in [0.4, 0.5) is 10.6 Å². The quantitative estimate of drug-likeness (QED) is 0.847. The highest BCUT2D eigenvalue weighted by molar-refractivity contribution is 5.74. The Labute approximate surface area is 172 Å². The number of piperidine rings is 1. The summed E-state index contributed by atoms with van der Waals surface area (Å²) >= 11 is 0. The fourth-order valence-corrected chi connectivity index (χ4v) is 4.11. The number of hydrogen-bond donors (Lipinski definition) is 1. The number of urea groups is 1. The molecule has 154 valence electrons. The predicted octanol–water partition coefficient (Wildman–Crippen LogP) is 3.08. The van der Waals surface area contributed by atoms with Gasteiger partial charge in [0.1, 0.15) is 5.82 Å². The number of aromatic nitrogens is 1. The minimum absolute atomic E-state index is 0.0351. The van der Waals surface area contributed by atoms with Gasteiger partial charge in [-0.1, -0.05) is 30.3 Å². The molecule has 0 bridgehead atoms. The lowest BCUT2D eigenvalue weighted by atomic mass is 9.90. The maximum atomic E-state index is 12.6. The largest absolute Gasteiger partial charge is 0.378 e. The third-order valence-electron chi connectivity index (χ3n) is 5.86. The first-order chi connectivity index (χ1) is 14.3. The van der Waals surface area contributed by atoms with Crippen LogP contribution in [-0.4, -0.2) is 55.3 Å². The molecule has 0 atom stereocenters. The molecule has 2 saturated heterocycles. The molecule has 0 radical (unpaired) electrons. The fraction of sp³-hybridized carbons (Fsp3) is 0.478. The third kappa shape index (κ3) is 5.48. The van der Waals surface area contributed by atoms with Gasteiger partial charge < -0.3 is 19.9 Å². The summed E-state index contributed by atoms with van der Waals surface area (Å²) in [5.41, 5.74) is 2.47. The SMILES string of the molecule is O=C(NCc1ccnc(N2CCOCC2)c1)N1CCC(Cc2ccccc2)CC1. The summed E-state index contributed by atoms with van der Waals surface area (Å²) in [6, 6.07) is 14.7. The van der Waals surface area contributed by atoms with E-state index in [4.69, 9.17) is 4.74 Å². The van der Waals surface area contributed by atoms with E-state index in [2.05, 4.69) is 51.6 Å². The van der Waals surface area contributed by atoms with Gasteiger partial charge in [-0.05, 0) is 48.4 Å². The number of carbonyl (C=O) groups excluding carboxylic acids is 1. The number of hydrogen-bond acceptors (Lipinski definition) is 4. The standard InChI is InChI=1S/C23H30N4O2/c28-23(27-10-7-20(8-11-27)16-19-4-2-1-3-5-19)25-18-21-6-9-24-22(17-21)26-12-14-29-15-13-26/h1-6,9,17,20H,7-8,10-16,18H2,(H,25,28). The number of morpholine rings is 1. The first kappa shape index (κ1) is 19.7. The maximum Gasteiger partial charge on any atom is 0.317 e. The van der Waals surface area contributed by atoms with Gasteiger partial charge in [-0.15, -0.1) is 0 Å². The number of nitrogens with zero attached hydrogens (tertiary/aromatic N) is 3. The van der Waals surface area contributed by atoms with Crippen LogP contribution < -0.4 is 10.2 Å². The van der Waals surface area contributed by atoms with E-state index in [0.717, 1.165) is 70.0 Å². The first-order valence-corrected chi connectivity index (χ1v) is 10.6. The number of anilines is 1. The second-order valence-corrected chi connectivity index (χ2v) is 7.90. The molecule has 0 unspecified atom stereocenters. The Hall–Kier alpha value is -2.60. The molecule has 29 heavy (non-hydrogen) atoms.